The Kier molecular flexibility index (Phi) is 5.34. The van der Waals surface area contributed by atoms with Crippen LogP contribution in [0, 0.1) is 5.92 Å². The zero-order chi connectivity index (χ0) is 13.7. The predicted octanol–water partition coefficient (Wildman–Crippen LogP) is 2.68. The average molecular weight is 314 g/mol. The molecule has 0 radical (unpaired) electrons. The summed E-state index contributed by atoms with van der Waals surface area (Å²) in [5, 5.41) is 11.6. The van der Waals surface area contributed by atoms with Gasteiger partial charge in [-0.25, -0.2) is 4.79 Å². The lowest BCUT2D eigenvalue weighted by atomic mass is 9.99. The third-order valence-corrected chi connectivity index (χ3v) is 3.40. The van der Waals surface area contributed by atoms with Crippen molar-refractivity contribution >= 4 is 27.8 Å². The van der Waals surface area contributed by atoms with Gasteiger partial charge in [-0.3, -0.25) is 4.79 Å². The number of benzene rings is 1. The smallest absolute Gasteiger partial charge is 0.326 e. The number of carbonyl (C=O) groups is 2. The molecule has 0 aliphatic carbocycles. The van der Waals surface area contributed by atoms with Crippen molar-refractivity contribution in [3.05, 3.63) is 34.3 Å². The van der Waals surface area contributed by atoms with Gasteiger partial charge in [0.05, 0.1) is 0 Å². The van der Waals surface area contributed by atoms with Gasteiger partial charge in [-0.05, 0) is 30.2 Å². The highest BCUT2D eigenvalue weighted by atomic mass is 79.9. The summed E-state index contributed by atoms with van der Waals surface area (Å²) in [7, 11) is 0. The van der Waals surface area contributed by atoms with Crippen molar-refractivity contribution in [1.82, 2.24) is 5.32 Å². The molecule has 0 spiro atoms. The molecule has 98 valence electrons. The Balaban J connectivity index is 2.78. The Morgan fingerprint density at radius 1 is 1.33 bits per heavy atom. The first-order valence-corrected chi connectivity index (χ1v) is 6.54. The molecule has 4 nitrogen and oxygen atoms in total. The number of carbonyl (C=O) groups excluding carboxylic acids is 1. The SMILES string of the molecule is CCC(C)C(NC(=O)c1ccc(Br)cc1)C(=O)O. The maximum atomic E-state index is 11.9. The third-order valence-electron chi connectivity index (χ3n) is 2.87. The number of aliphatic carboxylic acids is 1. The summed E-state index contributed by atoms with van der Waals surface area (Å²) in [6.07, 6.45) is 0.692. The molecule has 0 fully saturated rings. The van der Waals surface area contributed by atoms with Crippen molar-refractivity contribution in [1.29, 1.82) is 0 Å². The summed E-state index contributed by atoms with van der Waals surface area (Å²) in [5.74, 6) is -1.48. The summed E-state index contributed by atoms with van der Waals surface area (Å²) in [6, 6.07) is 5.93. The molecule has 0 heterocycles. The lowest BCUT2D eigenvalue weighted by Gasteiger charge is -2.20. The van der Waals surface area contributed by atoms with Crippen LogP contribution in [0.15, 0.2) is 28.7 Å². The summed E-state index contributed by atoms with van der Waals surface area (Å²) in [6.45, 7) is 3.70. The molecule has 2 unspecified atom stereocenters. The first-order valence-electron chi connectivity index (χ1n) is 5.75. The molecular formula is C13H16BrNO3. The van der Waals surface area contributed by atoms with Gasteiger partial charge in [-0.1, -0.05) is 36.2 Å². The van der Waals surface area contributed by atoms with Crippen molar-refractivity contribution in [2.45, 2.75) is 26.3 Å². The molecule has 0 aliphatic rings. The predicted molar refractivity (Wildman–Crippen MR) is 72.5 cm³/mol. The standard InChI is InChI=1S/C13H16BrNO3/c1-3-8(2)11(13(17)18)15-12(16)9-4-6-10(14)7-5-9/h4-8,11H,3H2,1-2H3,(H,15,16)(H,17,18). The molecule has 1 rings (SSSR count). The molecule has 1 aromatic carbocycles. The second-order valence-electron chi connectivity index (χ2n) is 4.18. The average Bonchev–Trinajstić information content (AvgIpc) is 2.35. The van der Waals surface area contributed by atoms with E-state index in [9.17, 15) is 9.59 Å². The quantitative estimate of drug-likeness (QED) is 0.878. The zero-order valence-electron chi connectivity index (χ0n) is 10.3. The van der Waals surface area contributed by atoms with E-state index < -0.39 is 12.0 Å². The summed E-state index contributed by atoms with van der Waals surface area (Å²) < 4.78 is 0.871. The van der Waals surface area contributed by atoms with Crippen molar-refractivity contribution < 1.29 is 14.7 Å². The van der Waals surface area contributed by atoms with Crippen molar-refractivity contribution in [3.63, 3.8) is 0 Å². The van der Waals surface area contributed by atoms with Crippen LogP contribution in [0.25, 0.3) is 0 Å². The number of halogens is 1. The molecule has 2 N–H and O–H groups in total. The fourth-order valence-electron chi connectivity index (χ4n) is 1.51. The van der Waals surface area contributed by atoms with E-state index >= 15 is 0 Å². The number of nitrogens with one attached hydrogen (secondary N) is 1. The largest absolute Gasteiger partial charge is 0.480 e. The number of rotatable bonds is 5. The lowest BCUT2D eigenvalue weighted by molar-refractivity contribution is -0.140. The second-order valence-corrected chi connectivity index (χ2v) is 5.10. The van der Waals surface area contributed by atoms with Crippen LogP contribution in [-0.2, 0) is 4.79 Å². The van der Waals surface area contributed by atoms with Gasteiger partial charge >= 0.3 is 5.97 Å². The number of hydrogen-bond acceptors (Lipinski definition) is 2. The van der Waals surface area contributed by atoms with Crippen molar-refractivity contribution in [2.75, 3.05) is 0 Å². The number of carboxylic acids is 1. The van der Waals surface area contributed by atoms with Gasteiger partial charge in [0.15, 0.2) is 0 Å². The molecule has 2 atom stereocenters. The minimum Gasteiger partial charge on any atom is -0.480 e. The van der Waals surface area contributed by atoms with Gasteiger partial charge in [-0.15, -0.1) is 0 Å². The topological polar surface area (TPSA) is 66.4 Å². The van der Waals surface area contributed by atoms with E-state index in [-0.39, 0.29) is 11.8 Å². The maximum absolute atomic E-state index is 11.9. The first kappa shape index (κ1) is 14.7. The van der Waals surface area contributed by atoms with Crippen LogP contribution in [-0.4, -0.2) is 23.0 Å². The van der Waals surface area contributed by atoms with Crippen LogP contribution in [0.1, 0.15) is 30.6 Å². The van der Waals surface area contributed by atoms with E-state index in [2.05, 4.69) is 21.2 Å². The van der Waals surface area contributed by atoms with E-state index in [4.69, 9.17) is 5.11 Å². The second kappa shape index (κ2) is 6.54. The zero-order valence-corrected chi connectivity index (χ0v) is 11.9. The highest BCUT2D eigenvalue weighted by molar-refractivity contribution is 9.10. The monoisotopic (exact) mass is 313 g/mol. The minimum atomic E-state index is -1.00. The number of hydrogen-bond donors (Lipinski definition) is 2. The lowest BCUT2D eigenvalue weighted by Crippen LogP contribution is -2.45. The van der Waals surface area contributed by atoms with Gasteiger partial charge in [0, 0.05) is 10.0 Å². The van der Waals surface area contributed by atoms with E-state index in [1.807, 2.05) is 6.92 Å². The molecule has 0 saturated carbocycles. The molecule has 0 saturated heterocycles. The Morgan fingerprint density at radius 3 is 2.33 bits per heavy atom. The molecule has 5 heteroatoms. The molecular weight excluding hydrogens is 298 g/mol. The third kappa shape index (κ3) is 3.84. The van der Waals surface area contributed by atoms with Crippen LogP contribution in [0.5, 0.6) is 0 Å². The van der Waals surface area contributed by atoms with E-state index in [1.54, 1.807) is 31.2 Å². The summed E-state index contributed by atoms with van der Waals surface area (Å²) in [5.41, 5.74) is 0.452. The molecule has 18 heavy (non-hydrogen) atoms. The number of amides is 1. The molecule has 0 aliphatic heterocycles. The number of carboxylic acid groups (broad SMARTS) is 1. The van der Waals surface area contributed by atoms with Gasteiger partial charge in [0.25, 0.3) is 5.91 Å². The van der Waals surface area contributed by atoms with Gasteiger partial charge in [0.2, 0.25) is 0 Å². The maximum Gasteiger partial charge on any atom is 0.326 e. The van der Waals surface area contributed by atoms with Gasteiger partial charge in [0.1, 0.15) is 6.04 Å². The Bertz CT molecular complexity index is 430. The fourth-order valence-corrected chi connectivity index (χ4v) is 1.77. The van der Waals surface area contributed by atoms with E-state index in [0.29, 0.717) is 12.0 Å². The van der Waals surface area contributed by atoms with E-state index in [0.717, 1.165) is 4.47 Å². The van der Waals surface area contributed by atoms with Gasteiger partial charge in [-0.2, -0.15) is 0 Å². The normalized spacial score (nSPS) is 13.7. The Morgan fingerprint density at radius 2 is 1.89 bits per heavy atom. The molecule has 0 bridgehead atoms. The molecule has 0 aromatic heterocycles. The first-order chi connectivity index (χ1) is 8.45. The Labute approximate surface area is 115 Å². The fraction of sp³-hybridized carbons (Fsp3) is 0.385. The summed E-state index contributed by atoms with van der Waals surface area (Å²) >= 11 is 3.28. The van der Waals surface area contributed by atoms with Crippen molar-refractivity contribution in [2.24, 2.45) is 5.92 Å². The van der Waals surface area contributed by atoms with Crippen LogP contribution in [0.2, 0.25) is 0 Å². The van der Waals surface area contributed by atoms with Crippen LogP contribution < -0.4 is 5.32 Å². The van der Waals surface area contributed by atoms with Crippen LogP contribution in [0.3, 0.4) is 0 Å². The van der Waals surface area contributed by atoms with Gasteiger partial charge < -0.3 is 10.4 Å². The van der Waals surface area contributed by atoms with Crippen LogP contribution >= 0.6 is 15.9 Å². The summed E-state index contributed by atoms with van der Waals surface area (Å²) in [4.78, 5) is 23.0. The highest BCUT2D eigenvalue weighted by Crippen LogP contribution is 2.12. The van der Waals surface area contributed by atoms with Crippen LogP contribution in [0.4, 0.5) is 0 Å². The minimum absolute atomic E-state index is 0.109. The van der Waals surface area contributed by atoms with Crippen molar-refractivity contribution in [3.8, 4) is 0 Å². The van der Waals surface area contributed by atoms with E-state index in [1.165, 1.54) is 0 Å². The molecule has 1 amide bonds. The Hall–Kier alpha value is -1.36. The molecule has 1 aromatic rings. The highest BCUT2D eigenvalue weighted by Gasteiger charge is 2.25.